The van der Waals surface area contributed by atoms with Crippen molar-refractivity contribution in [1.82, 2.24) is 15.5 Å². The summed E-state index contributed by atoms with van der Waals surface area (Å²) in [5.41, 5.74) is 2.13. The quantitative estimate of drug-likeness (QED) is 0.939. The van der Waals surface area contributed by atoms with Crippen LogP contribution in [0.25, 0.3) is 11.4 Å². The van der Waals surface area contributed by atoms with Crippen LogP contribution in [0.1, 0.15) is 31.3 Å². The van der Waals surface area contributed by atoms with Crippen LogP contribution in [-0.2, 0) is 0 Å². The second-order valence-corrected chi connectivity index (χ2v) is 5.05. The number of nitrogens with one attached hydrogen (secondary N) is 1. The summed E-state index contributed by atoms with van der Waals surface area (Å²) in [6.07, 6.45) is 0. The Morgan fingerprint density at radius 1 is 1.44 bits per heavy atom. The number of halogens is 1. The second-order valence-electron chi connectivity index (χ2n) is 4.20. The van der Waals surface area contributed by atoms with E-state index >= 15 is 0 Å². The summed E-state index contributed by atoms with van der Waals surface area (Å²) in [6, 6.07) is 6.10. The van der Waals surface area contributed by atoms with Crippen LogP contribution < -0.4 is 5.32 Å². The van der Waals surface area contributed by atoms with E-state index in [1.807, 2.05) is 39.0 Å². The first kappa shape index (κ1) is 13.2. The average Bonchev–Trinajstić information content (AvgIpc) is 2.82. The van der Waals surface area contributed by atoms with E-state index in [2.05, 4.69) is 31.4 Å². The monoisotopic (exact) mass is 309 g/mol. The molecule has 0 spiro atoms. The van der Waals surface area contributed by atoms with Gasteiger partial charge in [-0.15, -0.1) is 0 Å². The van der Waals surface area contributed by atoms with Crippen LogP contribution in [0.3, 0.4) is 0 Å². The third kappa shape index (κ3) is 2.79. The number of hydrogen-bond acceptors (Lipinski definition) is 4. The summed E-state index contributed by atoms with van der Waals surface area (Å²) in [6.45, 7) is 6.97. The largest absolute Gasteiger partial charge is 0.337 e. The van der Waals surface area contributed by atoms with Crippen molar-refractivity contribution in [3.05, 3.63) is 34.1 Å². The zero-order valence-electron chi connectivity index (χ0n) is 10.7. The predicted molar refractivity (Wildman–Crippen MR) is 74.3 cm³/mol. The lowest BCUT2D eigenvalue weighted by Gasteiger charge is -2.05. The van der Waals surface area contributed by atoms with E-state index in [4.69, 9.17) is 4.52 Å². The molecule has 1 atom stereocenters. The molecule has 2 rings (SSSR count). The highest BCUT2D eigenvalue weighted by Gasteiger charge is 2.14. The van der Waals surface area contributed by atoms with Gasteiger partial charge in [0.15, 0.2) is 0 Å². The molecule has 0 aliphatic heterocycles. The van der Waals surface area contributed by atoms with Crippen LogP contribution in [0.5, 0.6) is 0 Å². The molecular weight excluding hydrogens is 294 g/mol. The maximum atomic E-state index is 5.26. The molecule has 18 heavy (non-hydrogen) atoms. The molecule has 1 heterocycles. The third-order valence-electron chi connectivity index (χ3n) is 2.75. The third-order valence-corrected chi connectivity index (χ3v) is 3.61. The van der Waals surface area contributed by atoms with Gasteiger partial charge in [-0.05, 0) is 32.0 Å². The van der Waals surface area contributed by atoms with Gasteiger partial charge in [0.25, 0.3) is 0 Å². The molecule has 0 aliphatic carbocycles. The van der Waals surface area contributed by atoms with Gasteiger partial charge in [0.05, 0.1) is 6.04 Å². The van der Waals surface area contributed by atoms with Crippen LogP contribution >= 0.6 is 15.9 Å². The topological polar surface area (TPSA) is 51.0 Å². The number of aromatic nitrogens is 2. The lowest BCUT2D eigenvalue weighted by molar-refractivity contribution is 0.342. The van der Waals surface area contributed by atoms with Crippen LogP contribution in [0, 0.1) is 6.92 Å². The highest BCUT2D eigenvalue weighted by Crippen LogP contribution is 2.24. The highest BCUT2D eigenvalue weighted by molar-refractivity contribution is 9.10. The van der Waals surface area contributed by atoms with Crippen molar-refractivity contribution >= 4 is 15.9 Å². The lowest BCUT2D eigenvalue weighted by atomic mass is 10.1. The molecule has 96 valence electrons. The Morgan fingerprint density at radius 3 is 2.89 bits per heavy atom. The zero-order chi connectivity index (χ0) is 13.1. The molecule has 0 bridgehead atoms. The Labute approximate surface area is 115 Å². The van der Waals surface area contributed by atoms with Gasteiger partial charge >= 0.3 is 0 Å². The van der Waals surface area contributed by atoms with E-state index in [1.165, 1.54) is 5.56 Å². The van der Waals surface area contributed by atoms with Crippen molar-refractivity contribution in [2.24, 2.45) is 0 Å². The van der Waals surface area contributed by atoms with Crippen molar-refractivity contribution in [1.29, 1.82) is 0 Å². The van der Waals surface area contributed by atoms with E-state index in [0.29, 0.717) is 11.7 Å². The fraction of sp³-hybridized carbons (Fsp3) is 0.385. The maximum Gasteiger partial charge on any atom is 0.243 e. The van der Waals surface area contributed by atoms with Gasteiger partial charge in [-0.25, -0.2) is 0 Å². The first-order valence-corrected chi connectivity index (χ1v) is 6.74. The average molecular weight is 310 g/mol. The van der Waals surface area contributed by atoms with Gasteiger partial charge in [0, 0.05) is 10.0 Å². The smallest absolute Gasteiger partial charge is 0.243 e. The minimum atomic E-state index is 0.0742. The van der Waals surface area contributed by atoms with Crippen molar-refractivity contribution in [2.45, 2.75) is 26.8 Å². The van der Waals surface area contributed by atoms with Gasteiger partial charge in [-0.1, -0.05) is 40.1 Å². The second kappa shape index (κ2) is 5.63. The number of rotatable bonds is 4. The summed E-state index contributed by atoms with van der Waals surface area (Å²) >= 11 is 3.51. The maximum absolute atomic E-state index is 5.26. The zero-order valence-corrected chi connectivity index (χ0v) is 12.3. The lowest BCUT2D eigenvalue weighted by Crippen LogP contribution is -2.17. The molecule has 4 nitrogen and oxygen atoms in total. The summed E-state index contributed by atoms with van der Waals surface area (Å²) in [5.74, 6) is 1.24. The van der Waals surface area contributed by atoms with Gasteiger partial charge in [-0.2, -0.15) is 4.98 Å². The Balaban J connectivity index is 2.26. The highest BCUT2D eigenvalue weighted by atomic mass is 79.9. The SMILES string of the molecule is CCNC(C)c1nc(-c2ccc(C)c(Br)c2)no1. The molecule has 5 heteroatoms. The molecule has 1 unspecified atom stereocenters. The molecule has 1 aromatic heterocycles. The van der Waals surface area contributed by atoms with Crippen molar-refractivity contribution in [3.63, 3.8) is 0 Å². The summed E-state index contributed by atoms with van der Waals surface area (Å²) in [5, 5.41) is 7.26. The molecule has 0 amide bonds. The van der Waals surface area contributed by atoms with E-state index in [0.717, 1.165) is 16.6 Å². The van der Waals surface area contributed by atoms with E-state index in [9.17, 15) is 0 Å². The first-order chi connectivity index (χ1) is 8.61. The normalized spacial score (nSPS) is 12.7. The molecule has 2 aromatic rings. The molecule has 1 aromatic carbocycles. The molecule has 1 N–H and O–H groups in total. The van der Waals surface area contributed by atoms with Crippen LogP contribution in [0.15, 0.2) is 27.2 Å². The van der Waals surface area contributed by atoms with Crippen LogP contribution in [0.2, 0.25) is 0 Å². The number of benzene rings is 1. The Bertz CT molecular complexity index is 539. The van der Waals surface area contributed by atoms with E-state index in [1.54, 1.807) is 0 Å². The molecule has 0 aliphatic rings. The summed E-state index contributed by atoms with van der Waals surface area (Å²) < 4.78 is 6.31. The van der Waals surface area contributed by atoms with Crippen LogP contribution in [0.4, 0.5) is 0 Å². The standard InChI is InChI=1S/C13H16BrN3O/c1-4-15-9(3)13-16-12(17-18-13)10-6-5-8(2)11(14)7-10/h5-7,9,15H,4H2,1-3H3. The Morgan fingerprint density at radius 2 is 2.22 bits per heavy atom. The number of aryl methyl sites for hydroxylation is 1. The van der Waals surface area contributed by atoms with Crippen molar-refractivity contribution < 1.29 is 4.52 Å². The minimum absolute atomic E-state index is 0.0742. The predicted octanol–water partition coefficient (Wildman–Crippen LogP) is 3.48. The number of hydrogen-bond donors (Lipinski definition) is 1. The van der Waals surface area contributed by atoms with Crippen molar-refractivity contribution in [3.8, 4) is 11.4 Å². The minimum Gasteiger partial charge on any atom is -0.337 e. The van der Waals surface area contributed by atoms with E-state index < -0.39 is 0 Å². The summed E-state index contributed by atoms with van der Waals surface area (Å²) in [7, 11) is 0. The molecule has 0 saturated heterocycles. The molecule has 0 fully saturated rings. The van der Waals surface area contributed by atoms with Gasteiger partial charge < -0.3 is 9.84 Å². The molecular formula is C13H16BrN3O. The number of nitrogens with zero attached hydrogens (tertiary/aromatic N) is 2. The fourth-order valence-electron chi connectivity index (χ4n) is 1.65. The Hall–Kier alpha value is -1.20. The van der Waals surface area contributed by atoms with E-state index in [-0.39, 0.29) is 6.04 Å². The van der Waals surface area contributed by atoms with Crippen molar-refractivity contribution in [2.75, 3.05) is 6.54 Å². The molecule has 0 saturated carbocycles. The van der Waals surface area contributed by atoms with Gasteiger partial charge in [0.2, 0.25) is 11.7 Å². The van der Waals surface area contributed by atoms with Gasteiger partial charge in [0.1, 0.15) is 0 Å². The Kier molecular flexibility index (Phi) is 4.14. The van der Waals surface area contributed by atoms with Crippen LogP contribution in [-0.4, -0.2) is 16.7 Å². The molecule has 0 radical (unpaired) electrons. The first-order valence-electron chi connectivity index (χ1n) is 5.95. The van der Waals surface area contributed by atoms with Gasteiger partial charge in [-0.3, -0.25) is 0 Å². The fourth-order valence-corrected chi connectivity index (χ4v) is 2.03. The summed E-state index contributed by atoms with van der Waals surface area (Å²) in [4.78, 5) is 4.41.